The maximum Gasteiger partial charge on any atom is 0.328 e. The normalized spacial score (nSPS) is 16.4. The van der Waals surface area contributed by atoms with E-state index in [-0.39, 0.29) is 18.7 Å². The molecule has 0 unspecified atom stereocenters. The molecule has 0 bridgehead atoms. The Morgan fingerprint density at radius 2 is 1.82 bits per heavy atom. The zero-order valence-corrected chi connectivity index (χ0v) is 29.7. The first-order chi connectivity index (χ1) is 24.7. The Hall–Kier alpha value is -5.16. The highest BCUT2D eigenvalue weighted by Gasteiger charge is 2.47. The van der Waals surface area contributed by atoms with Crippen LogP contribution >= 0.6 is 11.6 Å². The summed E-state index contributed by atoms with van der Waals surface area (Å²) in [5, 5.41) is 7.96. The molecule has 2 heterocycles. The molecule has 1 N–H and O–H groups in total. The first kappa shape index (κ1) is 35.7. The van der Waals surface area contributed by atoms with E-state index in [9.17, 15) is 19.2 Å². The molecule has 1 aromatic heterocycles. The molecule has 1 fully saturated rings. The summed E-state index contributed by atoms with van der Waals surface area (Å²) in [5.74, 6) is 0.0862. The van der Waals surface area contributed by atoms with Crippen LogP contribution in [0.5, 0.6) is 5.75 Å². The number of aromatic nitrogens is 2. The lowest BCUT2D eigenvalue weighted by Gasteiger charge is -2.30. The summed E-state index contributed by atoms with van der Waals surface area (Å²) in [6.07, 6.45) is 5.86. The standard InChI is InChI=1S/C39H41ClN4O7/c1-24-31(40)11-6-13-34(24)51-17-7-14-35(45)44-23-27-19-30(27)37-29(10-5-12-33(37)44)28-20-41-43(22-28)21-25-8-4-9-26(18-25)38(47)42-32(39(48)50-3)15-16-36(46)49-2/h4-6,8-13,18,20,22,27,30,32H,7,14-17,19,21,23H2,1-3H3,(H,42,47)/t27-,30-,32-/m0/s1. The van der Waals surface area contributed by atoms with Gasteiger partial charge in [-0.05, 0) is 85.0 Å². The van der Waals surface area contributed by atoms with E-state index in [0.717, 1.165) is 46.7 Å². The van der Waals surface area contributed by atoms with Crippen LogP contribution in [-0.4, -0.2) is 66.9 Å². The number of ether oxygens (including phenoxy) is 3. The second-order valence-corrected chi connectivity index (χ2v) is 13.4. The maximum absolute atomic E-state index is 13.5. The average molecular weight is 713 g/mol. The minimum absolute atomic E-state index is 0.0423. The largest absolute Gasteiger partial charge is 0.493 e. The van der Waals surface area contributed by atoms with Gasteiger partial charge in [-0.1, -0.05) is 41.9 Å². The molecule has 4 aromatic rings. The Kier molecular flexibility index (Phi) is 11.1. The highest BCUT2D eigenvalue weighted by Crippen LogP contribution is 2.57. The van der Waals surface area contributed by atoms with Crippen LogP contribution in [0, 0.1) is 12.8 Å². The van der Waals surface area contributed by atoms with E-state index in [1.165, 1.54) is 19.8 Å². The summed E-state index contributed by atoms with van der Waals surface area (Å²) in [6, 6.07) is 17.8. The minimum Gasteiger partial charge on any atom is -0.493 e. The fraction of sp³-hybridized carbons (Fsp3) is 0.359. The van der Waals surface area contributed by atoms with Gasteiger partial charge >= 0.3 is 11.9 Å². The number of hydrogen-bond donors (Lipinski definition) is 1. The van der Waals surface area contributed by atoms with Gasteiger partial charge in [-0.25, -0.2) is 4.79 Å². The van der Waals surface area contributed by atoms with Crippen LogP contribution in [0.1, 0.15) is 65.1 Å². The van der Waals surface area contributed by atoms with E-state index in [1.807, 2.05) is 65.3 Å². The number of nitrogens with zero attached hydrogens (tertiary/aromatic N) is 3. The number of amides is 2. The molecule has 1 aliphatic carbocycles. The second-order valence-electron chi connectivity index (χ2n) is 13.0. The number of rotatable bonds is 14. The highest BCUT2D eigenvalue weighted by atomic mass is 35.5. The van der Waals surface area contributed by atoms with Crippen LogP contribution < -0.4 is 15.0 Å². The van der Waals surface area contributed by atoms with Crippen molar-refractivity contribution in [1.29, 1.82) is 0 Å². The number of anilines is 1. The molecular weight excluding hydrogens is 672 g/mol. The molecule has 2 aliphatic rings. The molecule has 3 aromatic carbocycles. The predicted octanol–water partition coefficient (Wildman–Crippen LogP) is 6.09. The number of carbonyl (C=O) groups excluding carboxylic acids is 4. The van der Waals surface area contributed by atoms with Gasteiger partial charge in [0.2, 0.25) is 5.91 Å². The number of esters is 2. The van der Waals surface area contributed by atoms with Crippen molar-refractivity contribution in [3.8, 4) is 16.9 Å². The lowest BCUT2D eigenvalue weighted by molar-refractivity contribution is -0.144. The summed E-state index contributed by atoms with van der Waals surface area (Å²) < 4.78 is 17.2. The van der Waals surface area contributed by atoms with E-state index in [1.54, 1.807) is 18.2 Å². The van der Waals surface area contributed by atoms with Gasteiger partial charge in [0.15, 0.2) is 0 Å². The lowest BCUT2D eigenvalue weighted by atomic mass is 9.92. The summed E-state index contributed by atoms with van der Waals surface area (Å²) in [5.41, 5.74) is 6.27. The molecule has 11 nitrogen and oxygen atoms in total. The summed E-state index contributed by atoms with van der Waals surface area (Å²) in [7, 11) is 2.49. The van der Waals surface area contributed by atoms with Gasteiger partial charge in [-0.2, -0.15) is 5.10 Å². The second kappa shape index (κ2) is 15.8. The van der Waals surface area contributed by atoms with Crippen LogP contribution in [0.25, 0.3) is 11.1 Å². The molecule has 51 heavy (non-hydrogen) atoms. The van der Waals surface area contributed by atoms with Gasteiger partial charge in [0.25, 0.3) is 5.91 Å². The molecule has 12 heteroatoms. The van der Waals surface area contributed by atoms with Gasteiger partial charge in [-0.3, -0.25) is 19.1 Å². The van der Waals surface area contributed by atoms with Crippen molar-refractivity contribution in [2.45, 2.75) is 57.5 Å². The van der Waals surface area contributed by atoms with Crippen LogP contribution in [0.15, 0.2) is 73.1 Å². The molecule has 1 saturated carbocycles. The smallest absolute Gasteiger partial charge is 0.328 e. The Morgan fingerprint density at radius 1 is 1.02 bits per heavy atom. The summed E-state index contributed by atoms with van der Waals surface area (Å²) >= 11 is 6.22. The third-order valence-corrected chi connectivity index (χ3v) is 9.94. The Labute approximate surface area is 301 Å². The molecule has 266 valence electrons. The maximum atomic E-state index is 13.5. The fourth-order valence-electron chi connectivity index (χ4n) is 6.67. The Balaban J connectivity index is 1.11. The van der Waals surface area contributed by atoms with Crippen molar-refractivity contribution < 1.29 is 33.4 Å². The predicted molar refractivity (Wildman–Crippen MR) is 192 cm³/mol. The van der Waals surface area contributed by atoms with Crippen molar-refractivity contribution in [3.63, 3.8) is 0 Å². The van der Waals surface area contributed by atoms with E-state index in [0.29, 0.717) is 48.4 Å². The Morgan fingerprint density at radius 3 is 2.63 bits per heavy atom. The summed E-state index contributed by atoms with van der Waals surface area (Å²) in [4.78, 5) is 52.4. The van der Waals surface area contributed by atoms with E-state index in [2.05, 4.69) is 21.2 Å². The van der Waals surface area contributed by atoms with Crippen LogP contribution in [-0.2, 0) is 30.4 Å². The third-order valence-electron chi connectivity index (χ3n) is 9.53. The molecule has 0 saturated heterocycles. The molecule has 0 spiro atoms. The zero-order valence-electron chi connectivity index (χ0n) is 28.9. The van der Waals surface area contributed by atoms with Crippen LogP contribution in [0.2, 0.25) is 5.02 Å². The van der Waals surface area contributed by atoms with E-state index < -0.39 is 23.9 Å². The Bertz CT molecular complexity index is 1940. The number of methoxy groups -OCH3 is 2. The molecule has 3 atom stereocenters. The highest BCUT2D eigenvalue weighted by molar-refractivity contribution is 6.31. The lowest BCUT2D eigenvalue weighted by Crippen LogP contribution is -2.41. The topological polar surface area (TPSA) is 129 Å². The molecular formula is C39H41ClN4O7. The summed E-state index contributed by atoms with van der Waals surface area (Å²) in [6.45, 7) is 3.48. The number of fused-ring (bicyclic) bond motifs is 3. The third kappa shape index (κ3) is 8.26. The van der Waals surface area contributed by atoms with Gasteiger partial charge < -0.3 is 24.4 Å². The van der Waals surface area contributed by atoms with Gasteiger partial charge in [0.05, 0.1) is 33.6 Å². The van der Waals surface area contributed by atoms with E-state index in [4.69, 9.17) is 21.1 Å². The van der Waals surface area contributed by atoms with E-state index >= 15 is 0 Å². The first-order valence-electron chi connectivity index (χ1n) is 17.0. The van der Waals surface area contributed by atoms with Crippen molar-refractivity contribution in [2.24, 2.45) is 5.92 Å². The average Bonchev–Trinajstić information content (AvgIpc) is 3.80. The van der Waals surface area contributed by atoms with Crippen molar-refractivity contribution in [3.05, 3.63) is 100 Å². The SMILES string of the molecule is COC(=O)CC[C@H](NC(=O)c1cccc(Cn2cc(-c3cccc4c3[C@H]3C[C@H]3CN4C(=O)CCCOc3cccc(Cl)c3C)cn2)c1)C(=O)OC. The molecule has 6 rings (SSSR count). The minimum atomic E-state index is -0.994. The van der Waals surface area contributed by atoms with Crippen molar-refractivity contribution in [2.75, 3.05) is 32.3 Å². The number of halogens is 1. The zero-order chi connectivity index (χ0) is 36.1. The molecule has 2 amide bonds. The van der Waals surface area contributed by atoms with Gasteiger partial charge in [-0.15, -0.1) is 0 Å². The van der Waals surface area contributed by atoms with Crippen LogP contribution in [0.3, 0.4) is 0 Å². The van der Waals surface area contributed by atoms with Gasteiger partial charge in [0, 0.05) is 53.0 Å². The van der Waals surface area contributed by atoms with Crippen LogP contribution in [0.4, 0.5) is 5.69 Å². The quantitative estimate of drug-likeness (QED) is 0.123. The van der Waals surface area contributed by atoms with Crippen molar-refractivity contribution >= 4 is 41.0 Å². The number of hydrogen-bond acceptors (Lipinski definition) is 8. The fourth-order valence-corrected chi connectivity index (χ4v) is 6.84. The first-order valence-corrected chi connectivity index (χ1v) is 17.4. The van der Waals surface area contributed by atoms with Gasteiger partial charge in [0.1, 0.15) is 11.8 Å². The monoisotopic (exact) mass is 712 g/mol. The molecule has 0 radical (unpaired) electrons. The van der Waals surface area contributed by atoms with Crippen molar-refractivity contribution in [1.82, 2.24) is 15.1 Å². The number of carbonyl (C=O) groups is 4. The number of nitrogens with one attached hydrogen (secondary N) is 1. The molecule has 1 aliphatic heterocycles. The number of benzene rings is 3.